The maximum atomic E-state index is 12.3. The smallest absolute Gasteiger partial charge is 0.210 e. The lowest BCUT2D eigenvalue weighted by atomic mass is 10.2. The highest BCUT2D eigenvalue weighted by atomic mass is 79.9. The van der Waals surface area contributed by atoms with Gasteiger partial charge in [-0.2, -0.15) is 11.8 Å². The van der Waals surface area contributed by atoms with E-state index in [0.29, 0.717) is 11.0 Å². The minimum atomic E-state index is -3.51. The number of sulfonamides is 1. The van der Waals surface area contributed by atoms with Crippen molar-refractivity contribution < 1.29 is 8.42 Å². The van der Waals surface area contributed by atoms with Crippen molar-refractivity contribution in [2.24, 2.45) is 0 Å². The van der Waals surface area contributed by atoms with E-state index in [0.717, 1.165) is 10.0 Å². The van der Waals surface area contributed by atoms with Gasteiger partial charge in [0.05, 0.1) is 4.90 Å². The summed E-state index contributed by atoms with van der Waals surface area (Å²) in [4.78, 5) is 0.252. The molecule has 108 valence electrons. The lowest BCUT2D eigenvalue weighted by molar-refractivity contribution is 0.570. The fourth-order valence-corrected chi connectivity index (χ4v) is 4.45. The van der Waals surface area contributed by atoms with Crippen LogP contribution in [0.5, 0.6) is 0 Å². The quantitative estimate of drug-likeness (QED) is 0.769. The number of halogens is 2. The van der Waals surface area contributed by atoms with E-state index in [4.69, 9.17) is 0 Å². The molecule has 3 nitrogen and oxygen atoms in total. The molecule has 1 rings (SSSR count). The molecule has 19 heavy (non-hydrogen) atoms. The Labute approximate surface area is 136 Å². The molecule has 0 bridgehead atoms. The maximum Gasteiger partial charge on any atom is 0.241 e. The summed E-state index contributed by atoms with van der Waals surface area (Å²) in [7, 11) is -3.51. The van der Waals surface area contributed by atoms with Gasteiger partial charge in [0.15, 0.2) is 0 Å². The largest absolute Gasteiger partial charge is 0.241 e. The van der Waals surface area contributed by atoms with Crippen molar-refractivity contribution in [3.63, 3.8) is 0 Å². The lowest BCUT2D eigenvalue weighted by Gasteiger charge is -2.22. The van der Waals surface area contributed by atoms with Gasteiger partial charge in [-0.05, 0) is 60.7 Å². The van der Waals surface area contributed by atoms with Gasteiger partial charge in [0, 0.05) is 20.2 Å². The van der Waals surface area contributed by atoms with Crippen LogP contribution in [0.15, 0.2) is 26.0 Å². The van der Waals surface area contributed by atoms with Crippen molar-refractivity contribution in [2.75, 3.05) is 12.8 Å². The second-order valence-electron chi connectivity index (χ2n) is 4.82. The summed E-state index contributed by atoms with van der Waals surface area (Å²) < 4.78 is 28.5. The number of aryl methyl sites for hydroxylation is 1. The van der Waals surface area contributed by atoms with E-state index in [1.54, 1.807) is 23.9 Å². The van der Waals surface area contributed by atoms with E-state index < -0.39 is 10.0 Å². The Bertz CT molecular complexity index is 571. The predicted molar refractivity (Wildman–Crippen MR) is 89.4 cm³/mol. The number of nitrogens with one attached hydrogen (secondary N) is 1. The second kappa shape index (κ2) is 6.47. The minimum absolute atomic E-state index is 0.137. The second-order valence-corrected chi connectivity index (χ2v) is 9.78. The summed E-state index contributed by atoms with van der Waals surface area (Å²) in [6.45, 7) is 6.30. The Morgan fingerprint density at radius 1 is 1.26 bits per heavy atom. The summed E-state index contributed by atoms with van der Waals surface area (Å²) in [5.41, 5.74) is 0.982. The Morgan fingerprint density at radius 3 is 2.37 bits per heavy atom. The molecule has 1 N–H and O–H groups in total. The molecule has 0 atom stereocenters. The Morgan fingerprint density at radius 2 is 1.84 bits per heavy atom. The monoisotopic (exact) mass is 429 g/mol. The zero-order valence-electron chi connectivity index (χ0n) is 11.3. The molecule has 7 heteroatoms. The number of hydrogen-bond acceptors (Lipinski definition) is 3. The Kier molecular flexibility index (Phi) is 5.96. The van der Waals surface area contributed by atoms with E-state index >= 15 is 0 Å². The first-order valence-corrected chi connectivity index (χ1v) is 9.89. The first-order valence-electron chi connectivity index (χ1n) is 5.59. The standard InChI is InChI=1S/C12H17Br2NO2S2/c1-8-5-10(14)11(6-9(8)13)19(16,17)15-7-12(2,3)18-4/h5-6,15H,7H2,1-4H3. The zero-order chi connectivity index (χ0) is 14.8. The van der Waals surface area contributed by atoms with Gasteiger partial charge in [-0.15, -0.1) is 0 Å². The van der Waals surface area contributed by atoms with E-state index in [1.165, 1.54) is 0 Å². The molecule has 1 aromatic carbocycles. The van der Waals surface area contributed by atoms with Gasteiger partial charge in [-0.25, -0.2) is 13.1 Å². The van der Waals surface area contributed by atoms with Crippen molar-refractivity contribution in [2.45, 2.75) is 30.4 Å². The Balaban J connectivity index is 3.05. The summed E-state index contributed by atoms with van der Waals surface area (Å²) in [6.07, 6.45) is 1.96. The summed E-state index contributed by atoms with van der Waals surface area (Å²) in [6, 6.07) is 3.41. The third-order valence-electron chi connectivity index (χ3n) is 2.74. The highest BCUT2D eigenvalue weighted by molar-refractivity contribution is 9.11. The normalized spacial score (nSPS) is 12.7. The van der Waals surface area contributed by atoms with Crippen molar-refractivity contribution >= 4 is 53.6 Å². The maximum absolute atomic E-state index is 12.3. The molecule has 0 aromatic heterocycles. The van der Waals surface area contributed by atoms with Crippen LogP contribution in [0, 0.1) is 6.92 Å². The van der Waals surface area contributed by atoms with Crippen LogP contribution in [-0.2, 0) is 10.0 Å². The highest BCUT2D eigenvalue weighted by Crippen LogP contribution is 2.29. The van der Waals surface area contributed by atoms with Gasteiger partial charge in [-0.3, -0.25) is 0 Å². The number of hydrogen-bond donors (Lipinski definition) is 1. The van der Waals surface area contributed by atoms with Gasteiger partial charge in [0.2, 0.25) is 10.0 Å². The lowest BCUT2D eigenvalue weighted by Crippen LogP contribution is -2.36. The van der Waals surface area contributed by atoms with Gasteiger partial charge in [0.25, 0.3) is 0 Å². The summed E-state index contributed by atoms with van der Waals surface area (Å²) in [5, 5.41) is 0. The van der Waals surface area contributed by atoms with Crippen molar-refractivity contribution in [3.8, 4) is 0 Å². The van der Waals surface area contributed by atoms with Crippen LogP contribution in [0.2, 0.25) is 0 Å². The molecular weight excluding hydrogens is 414 g/mol. The minimum Gasteiger partial charge on any atom is -0.210 e. The average molecular weight is 431 g/mol. The van der Waals surface area contributed by atoms with Crippen molar-refractivity contribution in [1.29, 1.82) is 0 Å². The molecule has 0 unspecified atom stereocenters. The molecule has 0 saturated carbocycles. The van der Waals surface area contributed by atoms with Gasteiger partial charge >= 0.3 is 0 Å². The molecule has 0 aliphatic rings. The number of benzene rings is 1. The molecular formula is C12H17Br2NO2S2. The van der Waals surface area contributed by atoms with Gasteiger partial charge in [-0.1, -0.05) is 15.9 Å². The zero-order valence-corrected chi connectivity index (χ0v) is 16.1. The van der Waals surface area contributed by atoms with E-state index in [1.807, 2.05) is 27.0 Å². The Hall–Kier alpha value is 0.440. The van der Waals surface area contributed by atoms with Crippen LogP contribution in [0.3, 0.4) is 0 Å². The van der Waals surface area contributed by atoms with Crippen LogP contribution in [-0.4, -0.2) is 26.0 Å². The summed E-state index contributed by atoms with van der Waals surface area (Å²) in [5.74, 6) is 0. The summed E-state index contributed by atoms with van der Waals surface area (Å²) >= 11 is 8.29. The fourth-order valence-electron chi connectivity index (χ4n) is 1.25. The first kappa shape index (κ1) is 17.5. The van der Waals surface area contributed by atoms with Gasteiger partial charge in [0.1, 0.15) is 0 Å². The van der Waals surface area contributed by atoms with E-state index in [9.17, 15) is 8.42 Å². The molecule has 0 heterocycles. The topological polar surface area (TPSA) is 46.2 Å². The molecule has 0 saturated heterocycles. The molecule has 0 fully saturated rings. The molecule has 0 aliphatic carbocycles. The van der Waals surface area contributed by atoms with E-state index in [2.05, 4.69) is 36.6 Å². The number of thioether (sulfide) groups is 1. The van der Waals surface area contributed by atoms with Crippen LogP contribution in [0.1, 0.15) is 19.4 Å². The number of rotatable bonds is 5. The van der Waals surface area contributed by atoms with Crippen LogP contribution in [0.25, 0.3) is 0 Å². The molecule has 0 aliphatic heterocycles. The van der Waals surface area contributed by atoms with E-state index in [-0.39, 0.29) is 9.64 Å². The van der Waals surface area contributed by atoms with Crippen LogP contribution in [0.4, 0.5) is 0 Å². The van der Waals surface area contributed by atoms with Crippen LogP contribution < -0.4 is 4.72 Å². The molecule has 0 radical (unpaired) electrons. The fraction of sp³-hybridized carbons (Fsp3) is 0.500. The highest BCUT2D eigenvalue weighted by Gasteiger charge is 2.23. The molecule has 0 spiro atoms. The first-order chi connectivity index (χ1) is 8.59. The van der Waals surface area contributed by atoms with Crippen molar-refractivity contribution in [3.05, 3.63) is 26.6 Å². The molecule has 1 aromatic rings. The molecule has 0 amide bonds. The third-order valence-corrected chi connectivity index (χ3v) is 7.21. The van der Waals surface area contributed by atoms with Crippen molar-refractivity contribution in [1.82, 2.24) is 4.72 Å². The van der Waals surface area contributed by atoms with Gasteiger partial charge < -0.3 is 0 Å². The third kappa shape index (κ3) is 4.74. The SMILES string of the molecule is CSC(C)(C)CNS(=O)(=O)c1cc(Br)c(C)cc1Br. The van der Waals surface area contributed by atoms with Crippen LogP contribution >= 0.6 is 43.6 Å². The predicted octanol–water partition coefficient (Wildman–Crippen LogP) is 3.94. The average Bonchev–Trinajstić information content (AvgIpc) is 2.31.